The molecule has 98 valence electrons. The molecule has 0 unspecified atom stereocenters. The zero-order chi connectivity index (χ0) is 12.8. The number of anilines is 1. The summed E-state index contributed by atoms with van der Waals surface area (Å²) in [5.41, 5.74) is 1.16. The van der Waals surface area contributed by atoms with Crippen LogP contribution in [0.25, 0.3) is 10.6 Å². The molecule has 19 heavy (non-hydrogen) atoms. The standard InChI is InChI=1S/C14H16N4S/c1-17-8-12-7-11(17)9-18(12)14-15-13(19-16-14)10-5-3-2-4-6-10/h2-6,11-12H,7-9H2,1H3/t11-,12+/m1/s1. The molecule has 2 saturated heterocycles. The topological polar surface area (TPSA) is 32.3 Å². The lowest BCUT2D eigenvalue weighted by Gasteiger charge is -2.31. The second-order valence-corrected chi connectivity index (χ2v) is 6.15. The number of hydrogen-bond donors (Lipinski definition) is 0. The van der Waals surface area contributed by atoms with E-state index in [0.29, 0.717) is 12.1 Å². The molecular weight excluding hydrogens is 256 g/mol. The van der Waals surface area contributed by atoms with Gasteiger partial charge < -0.3 is 4.90 Å². The van der Waals surface area contributed by atoms with Crippen LogP contribution in [0.15, 0.2) is 30.3 Å². The van der Waals surface area contributed by atoms with Crippen LogP contribution >= 0.6 is 11.5 Å². The van der Waals surface area contributed by atoms with Crippen LogP contribution in [-0.4, -0.2) is 46.5 Å². The van der Waals surface area contributed by atoms with Crippen molar-refractivity contribution in [1.29, 1.82) is 0 Å². The van der Waals surface area contributed by atoms with Crippen molar-refractivity contribution < 1.29 is 0 Å². The van der Waals surface area contributed by atoms with Gasteiger partial charge in [0, 0.05) is 30.7 Å². The molecule has 1 aromatic carbocycles. The second kappa shape index (κ2) is 4.28. The van der Waals surface area contributed by atoms with E-state index in [9.17, 15) is 0 Å². The zero-order valence-corrected chi connectivity index (χ0v) is 11.7. The Morgan fingerprint density at radius 1 is 1.16 bits per heavy atom. The van der Waals surface area contributed by atoms with Gasteiger partial charge in [-0.2, -0.15) is 9.36 Å². The maximum Gasteiger partial charge on any atom is 0.238 e. The lowest BCUT2D eigenvalue weighted by atomic mass is 10.2. The van der Waals surface area contributed by atoms with Crippen molar-refractivity contribution in [1.82, 2.24) is 14.3 Å². The number of aromatic nitrogens is 2. The Morgan fingerprint density at radius 2 is 2.00 bits per heavy atom. The van der Waals surface area contributed by atoms with E-state index >= 15 is 0 Å². The number of hydrogen-bond acceptors (Lipinski definition) is 5. The third-order valence-electron chi connectivity index (χ3n) is 4.21. The normalized spacial score (nSPS) is 26.3. The van der Waals surface area contributed by atoms with Crippen molar-refractivity contribution in [3.63, 3.8) is 0 Å². The van der Waals surface area contributed by atoms with Crippen LogP contribution in [0.2, 0.25) is 0 Å². The summed E-state index contributed by atoms with van der Waals surface area (Å²) in [6, 6.07) is 11.6. The van der Waals surface area contributed by atoms with Gasteiger partial charge in [-0.15, -0.1) is 0 Å². The second-order valence-electron chi connectivity index (χ2n) is 5.40. The summed E-state index contributed by atoms with van der Waals surface area (Å²) in [5.74, 6) is 0.921. The van der Waals surface area contributed by atoms with E-state index < -0.39 is 0 Å². The molecule has 0 saturated carbocycles. The van der Waals surface area contributed by atoms with Gasteiger partial charge in [0.25, 0.3) is 0 Å². The predicted octanol–water partition coefficient (Wildman–Crippen LogP) is 2.10. The summed E-state index contributed by atoms with van der Waals surface area (Å²) in [6.07, 6.45) is 1.26. The highest BCUT2D eigenvalue weighted by Gasteiger charge is 2.42. The summed E-state index contributed by atoms with van der Waals surface area (Å²) in [6.45, 7) is 2.22. The Hall–Kier alpha value is -1.46. The molecule has 3 heterocycles. The number of nitrogens with zero attached hydrogens (tertiary/aromatic N) is 4. The molecule has 4 nitrogen and oxygen atoms in total. The Kier molecular flexibility index (Phi) is 2.56. The van der Waals surface area contributed by atoms with Gasteiger partial charge in [-0.25, -0.2) is 0 Å². The van der Waals surface area contributed by atoms with Crippen LogP contribution < -0.4 is 4.90 Å². The Balaban J connectivity index is 1.60. The Labute approximate surface area is 116 Å². The summed E-state index contributed by atoms with van der Waals surface area (Å²) in [4.78, 5) is 9.55. The van der Waals surface area contributed by atoms with Gasteiger partial charge in [0.05, 0.1) is 0 Å². The number of rotatable bonds is 2. The average Bonchev–Trinajstić information content (AvgIpc) is 3.13. The quantitative estimate of drug-likeness (QED) is 0.838. The highest BCUT2D eigenvalue weighted by atomic mass is 32.1. The van der Waals surface area contributed by atoms with E-state index in [4.69, 9.17) is 4.98 Å². The smallest absolute Gasteiger partial charge is 0.238 e. The first-order chi connectivity index (χ1) is 9.31. The minimum atomic E-state index is 0.605. The van der Waals surface area contributed by atoms with Crippen LogP contribution in [0, 0.1) is 0 Å². The molecular formula is C14H16N4S. The third kappa shape index (κ3) is 1.84. The number of benzene rings is 1. The van der Waals surface area contributed by atoms with E-state index in [1.54, 1.807) is 0 Å². The van der Waals surface area contributed by atoms with E-state index in [1.165, 1.54) is 18.0 Å². The third-order valence-corrected chi connectivity index (χ3v) is 4.96. The minimum absolute atomic E-state index is 0.605. The molecule has 0 N–H and O–H groups in total. The fourth-order valence-corrected chi connectivity index (χ4v) is 3.82. The first kappa shape index (κ1) is 11.4. The summed E-state index contributed by atoms with van der Waals surface area (Å²) in [5, 5.41) is 1.02. The van der Waals surface area contributed by atoms with E-state index in [2.05, 4.69) is 33.4 Å². The van der Waals surface area contributed by atoms with E-state index in [-0.39, 0.29) is 0 Å². The maximum atomic E-state index is 4.72. The van der Waals surface area contributed by atoms with Crippen LogP contribution in [0.5, 0.6) is 0 Å². The van der Waals surface area contributed by atoms with E-state index in [1.807, 2.05) is 18.2 Å². The summed E-state index contributed by atoms with van der Waals surface area (Å²) >= 11 is 1.50. The molecule has 2 aliphatic rings. The summed E-state index contributed by atoms with van der Waals surface area (Å²) < 4.78 is 4.56. The largest absolute Gasteiger partial charge is 0.334 e. The number of likely N-dealkylation sites (tertiary alicyclic amines) is 1. The van der Waals surface area contributed by atoms with Gasteiger partial charge in [0.15, 0.2) is 0 Å². The van der Waals surface area contributed by atoms with Crippen molar-refractivity contribution in [2.75, 3.05) is 25.0 Å². The highest BCUT2D eigenvalue weighted by molar-refractivity contribution is 7.09. The van der Waals surface area contributed by atoms with Gasteiger partial charge in [-0.3, -0.25) is 4.90 Å². The molecule has 0 amide bonds. The highest BCUT2D eigenvalue weighted by Crippen LogP contribution is 2.34. The van der Waals surface area contributed by atoms with Gasteiger partial charge in [0.1, 0.15) is 5.01 Å². The molecule has 2 atom stereocenters. The molecule has 2 aliphatic heterocycles. The molecule has 2 bridgehead atoms. The number of piperazine rings is 1. The van der Waals surface area contributed by atoms with Crippen LogP contribution in [0.4, 0.5) is 5.95 Å². The monoisotopic (exact) mass is 272 g/mol. The van der Waals surface area contributed by atoms with Crippen LogP contribution in [0.3, 0.4) is 0 Å². The van der Waals surface area contributed by atoms with Gasteiger partial charge in [-0.05, 0) is 25.0 Å². The van der Waals surface area contributed by atoms with Gasteiger partial charge in [-0.1, -0.05) is 30.3 Å². The van der Waals surface area contributed by atoms with Crippen molar-refractivity contribution in [2.24, 2.45) is 0 Å². The number of fused-ring (bicyclic) bond motifs is 2. The van der Waals surface area contributed by atoms with Crippen molar-refractivity contribution in [3.8, 4) is 10.6 Å². The van der Waals surface area contributed by atoms with Crippen LogP contribution in [-0.2, 0) is 0 Å². The average molecular weight is 272 g/mol. The molecule has 0 radical (unpaired) electrons. The molecule has 1 aromatic heterocycles. The zero-order valence-electron chi connectivity index (χ0n) is 10.9. The molecule has 0 aliphatic carbocycles. The van der Waals surface area contributed by atoms with Crippen molar-refractivity contribution in [3.05, 3.63) is 30.3 Å². The fraction of sp³-hybridized carbons (Fsp3) is 0.429. The predicted molar refractivity (Wildman–Crippen MR) is 77.5 cm³/mol. The lowest BCUT2D eigenvalue weighted by molar-refractivity contribution is 0.291. The SMILES string of the molecule is CN1C[C@@H]2C[C@@H]1CN2c1nsc(-c2ccccc2)n1. The molecule has 5 heteroatoms. The van der Waals surface area contributed by atoms with Crippen LogP contribution in [0.1, 0.15) is 6.42 Å². The molecule has 2 aromatic rings. The lowest BCUT2D eigenvalue weighted by Crippen LogP contribution is -2.45. The molecule has 0 spiro atoms. The van der Waals surface area contributed by atoms with Crippen molar-refractivity contribution >= 4 is 17.5 Å². The Bertz CT molecular complexity index is 580. The molecule has 2 fully saturated rings. The maximum absolute atomic E-state index is 4.72. The first-order valence-corrected chi connectivity index (χ1v) is 7.44. The van der Waals surface area contributed by atoms with E-state index in [0.717, 1.165) is 29.6 Å². The fourth-order valence-electron chi connectivity index (χ4n) is 3.14. The first-order valence-electron chi connectivity index (χ1n) is 6.67. The summed E-state index contributed by atoms with van der Waals surface area (Å²) in [7, 11) is 2.21. The van der Waals surface area contributed by atoms with Crippen molar-refractivity contribution in [2.45, 2.75) is 18.5 Å². The minimum Gasteiger partial charge on any atom is -0.334 e. The Morgan fingerprint density at radius 3 is 2.68 bits per heavy atom. The van der Waals surface area contributed by atoms with Gasteiger partial charge in [0.2, 0.25) is 5.95 Å². The van der Waals surface area contributed by atoms with Gasteiger partial charge >= 0.3 is 0 Å². The number of likely N-dealkylation sites (N-methyl/N-ethyl adjacent to an activating group) is 1. The molecule has 4 rings (SSSR count).